The number of rotatable bonds is 7. The number of nitrogens with one attached hydrogen (secondary N) is 1. The zero-order chi connectivity index (χ0) is 15.1. The van der Waals surface area contributed by atoms with Gasteiger partial charge in [-0.1, -0.05) is 12.1 Å². The van der Waals surface area contributed by atoms with Crippen molar-refractivity contribution in [1.29, 1.82) is 0 Å². The van der Waals surface area contributed by atoms with Gasteiger partial charge in [0.2, 0.25) is 0 Å². The van der Waals surface area contributed by atoms with Crippen molar-refractivity contribution in [3.05, 3.63) is 24.3 Å². The predicted molar refractivity (Wildman–Crippen MR) is 87.2 cm³/mol. The fraction of sp³-hybridized carbons (Fsp3) is 0.647. The highest BCUT2D eigenvalue weighted by atomic mass is 16.5. The number of anilines is 1. The molecule has 0 saturated heterocycles. The van der Waals surface area contributed by atoms with E-state index in [9.17, 15) is 5.11 Å². The molecule has 1 aromatic rings. The predicted octanol–water partition coefficient (Wildman–Crippen LogP) is 2.42. The molecule has 1 unspecified atom stereocenters. The highest BCUT2D eigenvalue weighted by molar-refractivity contribution is 5.58. The fourth-order valence-corrected chi connectivity index (χ4v) is 2.73. The van der Waals surface area contributed by atoms with Crippen molar-refractivity contribution in [3.8, 4) is 5.75 Å². The lowest BCUT2D eigenvalue weighted by Crippen LogP contribution is -2.43. The minimum Gasteiger partial charge on any atom is -0.491 e. The Bertz CT molecular complexity index is 433. The molecule has 1 atom stereocenters. The van der Waals surface area contributed by atoms with Gasteiger partial charge in [0.1, 0.15) is 5.75 Å². The van der Waals surface area contributed by atoms with Crippen LogP contribution in [0.1, 0.15) is 32.6 Å². The number of ether oxygens (including phenoxy) is 1. The van der Waals surface area contributed by atoms with E-state index in [0.717, 1.165) is 51.1 Å². The summed E-state index contributed by atoms with van der Waals surface area (Å²) in [6.07, 6.45) is 4.30. The normalized spacial score (nSPS) is 17.6. The molecule has 1 aliphatic rings. The second kappa shape index (κ2) is 7.66. The first kappa shape index (κ1) is 16.1. The summed E-state index contributed by atoms with van der Waals surface area (Å²) in [5, 5.41) is 12.6. The molecule has 4 nitrogen and oxygen atoms in total. The van der Waals surface area contributed by atoms with E-state index in [-0.39, 0.29) is 12.1 Å². The Morgan fingerprint density at radius 1 is 1.33 bits per heavy atom. The maximum absolute atomic E-state index is 9.41. The van der Waals surface area contributed by atoms with Gasteiger partial charge >= 0.3 is 0 Å². The van der Waals surface area contributed by atoms with Crippen molar-refractivity contribution in [1.82, 2.24) is 5.32 Å². The third-order valence-corrected chi connectivity index (χ3v) is 4.39. The highest BCUT2D eigenvalue weighted by Crippen LogP contribution is 2.30. The van der Waals surface area contributed by atoms with Gasteiger partial charge in [-0.3, -0.25) is 0 Å². The molecule has 2 rings (SSSR count). The molecule has 0 fully saturated rings. The van der Waals surface area contributed by atoms with Crippen LogP contribution in [-0.2, 0) is 0 Å². The van der Waals surface area contributed by atoms with Crippen molar-refractivity contribution < 1.29 is 9.84 Å². The molecular weight excluding hydrogens is 264 g/mol. The van der Waals surface area contributed by atoms with Crippen LogP contribution in [0.2, 0.25) is 0 Å². The van der Waals surface area contributed by atoms with Crippen LogP contribution in [-0.4, -0.2) is 44.0 Å². The van der Waals surface area contributed by atoms with Gasteiger partial charge in [0, 0.05) is 18.6 Å². The minimum atomic E-state index is -0.153. The Morgan fingerprint density at radius 3 is 2.90 bits per heavy atom. The number of fused-ring (bicyclic) bond motifs is 1. The van der Waals surface area contributed by atoms with Crippen molar-refractivity contribution in [2.75, 3.05) is 38.3 Å². The third kappa shape index (κ3) is 4.35. The van der Waals surface area contributed by atoms with Gasteiger partial charge in [-0.2, -0.15) is 0 Å². The molecule has 0 amide bonds. The molecule has 0 bridgehead atoms. The van der Waals surface area contributed by atoms with Crippen LogP contribution in [0.5, 0.6) is 5.75 Å². The SMILES string of the molecule is CNC(C)(CO)CCCCN1CCCOc2ccccc21. The summed E-state index contributed by atoms with van der Waals surface area (Å²) in [6, 6.07) is 8.30. The van der Waals surface area contributed by atoms with Crippen LogP contribution in [0.4, 0.5) is 5.69 Å². The number of hydrogen-bond acceptors (Lipinski definition) is 4. The summed E-state index contributed by atoms with van der Waals surface area (Å²) in [4.78, 5) is 2.43. The van der Waals surface area contributed by atoms with Gasteiger partial charge in [-0.25, -0.2) is 0 Å². The van der Waals surface area contributed by atoms with Gasteiger partial charge in [0.25, 0.3) is 0 Å². The number of hydrogen-bond donors (Lipinski definition) is 2. The van der Waals surface area contributed by atoms with Gasteiger partial charge < -0.3 is 20.1 Å². The van der Waals surface area contributed by atoms with Crippen molar-refractivity contribution in [2.45, 2.75) is 38.1 Å². The molecule has 4 heteroatoms. The van der Waals surface area contributed by atoms with Crippen LogP contribution in [0.3, 0.4) is 0 Å². The number of aliphatic hydroxyl groups is 1. The minimum absolute atomic E-state index is 0.153. The molecule has 0 aromatic heterocycles. The number of aliphatic hydroxyl groups excluding tert-OH is 1. The summed E-state index contributed by atoms with van der Waals surface area (Å²) in [5.41, 5.74) is 1.06. The van der Waals surface area contributed by atoms with E-state index in [1.54, 1.807) is 0 Å². The van der Waals surface area contributed by atoms with E-state index >= 15 is 0 Å². The summed E-state index contributed by atoms with van der Waals surface area (Å²) in [6.45, 7) is 5.16. The summed E-state index contributed by atoms with van der Waals surface area (Å²) >= 11 is 0. The Balaban J connectivity index is 1.86. The number of unbranched alkanes of at least 4 members (excludes halogenated alkanes) is 1. The monoisotopic (exact) mass is 292 g/mol. The van der Waals surface area contributed by atoms with Crippen LogP contribution < -0.4 is 15.0 Å². The first-order valence-electron chi connectivity index (χ1n) is 7.95. The molecule has 118 valence electrons. The van der Waals surface area contributed by atoms with E-state index in [1.807, 2.05) is 13.1 Å². The van der Waals surface area contributed by atoms with Crippen molar-refractivity contribution >= 4 is 5.69 Å². The second-order valence-electron chi connectivity index (χ2n) is 6.08. The molecule has 0 radical (unpaired) electrons. The molecule has 1 heterocycles. The number of nitrogens with zero attached hydrogens (tertiary/aromatic N) is 1. The number of benzene rings is 1. The molecule has 1 aliphatic heterocycles. The highest BCUT2D eigenvalue weighted by Gasteiger charge is 2.20. The van der Waals surface area contributed by atoms with Crippen LogP contribution >= 0.6 is 0 Å². The zero-order valence-corrected chi connectivity index (χ0v) is 13.3. The summed E-state index contributed by atoms with van der Waals surface area (Å²) in [5.74, 6) is 1.01. The topological polar surface area (TPSA) is 44.7 Å². The smallest absolute Gasteiger partial charge is 0.142 e. The van der Waals surface area contributed by atoms with E-state index in [0.29, 0.717) is 0 Å². The number of likely N-dealkylation sites (N-methyl/N-ethyl adjacent to an activating group) is 1. The quantitative estimate of drug-likeness (QED) is 0.758. The lowest BCUT2D eigenvalue weighted by Gasteiger charge is -2.28. The maximum atomic E-state index is 9.41. The van der Waals surface area contributed by atoms with Crippen LogP contribution in [0, 0.1) is 0 Å². The molecule has 21 heavy (non-hydrogen) atoms. The molecule has 0 saturated carbocycles. The van der Waals surface area contributed by atoms with Crippen molar-refractivity contribution in [2.24, 2.45) is 0 Å². The largest absolute Gasteiger partial charge is 0.491 e. The molecule has 0 spiro atoms. The van der Waals surface area contributed by atoms with Gasteiger partial charge in [-0.05, 0) is 51.8 Å². The lowest BCUT2D eigenvalue weighted by atomic mass is 9.96. The average molecular weight is 292 g/mol. The molecule has 1 aromatic carbocycles. The summed E-state index contributed by atoms with van der Waals surface area (Å²) < 4.78 is 5.79. The van der Waals surface area contributed by atoms with Crippen LogP contribution in [0.15, 0.2) is 24.3 Å². The van der Waals surface area contributed by atoms with Gasteiger partial charge in [0.15, 0.2) is 0 Å². The van der Waals surface area contributed by atoms with Crippen molar-refractivity contribution in [3.63, 3.8) is 0 Å². The van der Waals surface area contributed by atoms with Gasteiger partial charge in [-0.15, -0.1) is 0 Å². The molecule has 0 aliphatic carbocycles. The van der Waals surface area contributed by atoms with E-state index in [1.165, 1.54) is 5.69 Å². The first-order valence-corrected chi connectivity index (χ1v) is 7.95. The Morgan fingerprint density at radius 2 is 2.14 bits per heavy atom. The maximum Gasteiger partial charge on any atom is 0.142 e. The number of para-hydroxylation sites is 2. The first-order chi connectivity index (χ1) is 10.2. The molecule has 2 N–H and O–H groups in total. The Hall–Kier alpha value is -1.26. The van der Waals surface area contributed by atoms with E-state index < -0.39 is 0 Å². The Labute approximate surface area is 128 Å². The third-order valence-electron chi connectivity index (χ3n) is 4.39. The summed E-state index contributed by atoms with van der Waals surface area (Å²) in [7, 11) is 1.92. The van der Waals surface area contributed by atoms with Gasteiger partial charge in [0.05, 0.1) is 18.9 Å². The van der Waals surface area contributed by atoms with E-state index in [2.05, 4.69) is 35.3 Å². The average Bonchev–Trinajstić information content (AvgIpc) is 2.74. The van der Waals surface area contributed by atoms with E-state index in [4.69, 9.17) is 4.74 Å². The standard InChI is InChI=1S/C17H28N2O2/c1-17(14-20,18-2)10-5-6-11-19-12-7-13-21-16-9-4-3-8-15(16)19/h3-4,8-9,18,20H,5-7,10-14H2,1-2H3. The van der Waals surface area contributed by atoms with Crippen LogP contribution in [0.25, 0.3) is 0 Å². The second-order valence-corrected chi connectivity index (χ2v) is 6.08. The Kier molecular flexibility index (Phi) is 5.88. The zero-order valence-electron chi connectivity index (χ0n) is 13.3. The molecular formula is C17H28N2O2. The fourth-order valence-electron chi connectivity index (χ4n) is 2.73. The lowest BCUT2D eigenvalue weighted by molar-refractivity contribution is 0.171.